The summed E-state index contributed by atoms with van der Waals surface area (Å²) in [6, 6.07) is 3.75. The lowest BCUT2D eigenvalue weighted by molar-refractivity contribution is -0.120. The van der Waals surface area contributed by atoms with Crippen LogP contribution in [0.3, 0.4) is 0 Å². The van der Waals surface area contributed by atoms with E-state index in [0.717, 1.165) is 37.9 Å². The molecule has 1 aromatic rings. The van der Waals surface area contributed by atoms with Gasteiger partial charge in [0.15, 0.2) is 11.6 Å². The van der Waals surface area contributed by atoms with Gasteiger partial charge >= 0.3 is 0 Å². The van der Waals surface area contributed by atoms with Crippen LogP contribution in [0.15, 0.2) is 18.2 Å². The molecule has 1 N–H and O–H groups in total. The van der Waals surface area contributed by atoms with Gasteiger partial charge in [-0.25, -0.2) is 8.78 Å². The molecule has 0 aromatic heterocycles. The number of morpholine rings is 1. The highest BCUT2D eigenvalue weighted by molar-refractivity contribution is 5.20. The predicted octanol–water partition coefficient (Wildman–Crippen LogP) is 2.27. The van der Waals surface area contributed by atoms with Gasteiger partial charge in [-0.1, -0.05) is 6.07 Å². The van der Waals surface area contributed by atoms with Gasteiger partial charge in [0, 0.05) is 26.2 Å². The largest absolute Gasteiger partial charge is 0.387 e. The molecule has 23 heavy (non-hydrogen) atoms. The van der Waals surface area contributed by atoms with Crippen molar-refractivity contribution in [2.75, 3.05) is 26.8 Å². The van der Waals surface area contributed by atoms with E-state index in [1.165, 1.54) is 6.07 Å². The van der Waals surface area contributed by atoms with Crippen LogP contribution in [0.4, 0.5) is 8.78 Å². The molecule has 0 radical (unpaired) electrons. The summed E-state index contributed by atoms with van der Waals surface area (Å²) in [7, 11) is 1.72. The molecular formula is C17H23F2NO3. The molecule has 1 aliphatic carbocycles. The van der Waals surface area contributed by atoms with Crippen molar-refractivity contribution in [3.8, 4) is 0 Å². The first-order valence-electron chi connectivity index (χ1n) is 8.10. The van der Waals surface area contributed by atoms with Crippen LogP contribution >= 0.6 is 0 Å². The van der Waals surface area contributed by atoms with E-state index < -0.39 is 17.7 Å². The van der Waals surface area contributed by atoms with Gasteiger partial charge in [-0.2, -0.15) is 0 Å². The minimum atomic E-state index is -0.932. The molecule has 3 rings (SSSR count). The Bertz CT molecular complexity index is 543. The summed E-state index contributed by atoms with van der Waals surface area (Å²) >= 11 is 0. The topological polar surface area (TPSA) is 41.9 Å². The second kappa shape index (κ2) is 7.21. The maximum absolute atomic E-state index is 13.3. The average molecular weight is 327 g/mol. The summed E-state index contributed by atoms with van der Waals surface area (Å²) in [6.45, 7) is 1.73. The number of rotatable bonds is 4. The predicted molar refractivity (Wildman–Crippen MR) is 81.1 cm³/mol. The Morgan fingerprint density at radius 1 is 1.35 bits per heavy atom. The monoisotopic (exact) mass is 327 g/mol. The van der Waals surface area contributed by atoms with Gasteiger partial charge in [0.25, 0.3) is 0 Å². The second-order valence-electron chi connectivity index (χ2n) is 6.33. The smallest absolute Gasteiger partial charge is 0.159 e. The summed E-state index contributed by atoms with van der Waals surface area (Å²) in [5.41, 5.74) is 0.394. The molecule has 4 nitrogen and oxygen atoms in total. The van der Waals surface area contributed by atoms with Gasteiger partial charge < -0.3 is 14.6 Å². The number of aliphatic hydroxyl groups excluding tert-OH is 1. The van der Waals surface area contributed by atoms with E-state index in [0.29, 0.717) is 18.7 Å². The molecule has 0 bridgehead atoms. The Kier molecular flexibility index (Phi) is 5.26. The van der Waals surface area contributed by atoms with Crippen molar-refractivity contribution < 1.29 is 23.4 Å². The zero-order chi connectivity index (χ0) is 16.4. The molecule has 1 aliphatic heterocycles. The zero-order valence-corrected chi connectivity index (χ0v) is 13.3. The van der Waals surface area contributed by atoms with Crippen LogP contribution < -0.4 is 0 Å². The molecular weight excluding hydrogens is 304 g/mol. The van der Waals surface area contributed by atoms with Gasteiger partial charge in [-0.15, -0.1) is 0 Å². The molecule has 4 unspecified atom stereocenters. The minimum Gasteiger partial charge on any atom is -0.387 e. The second-order valence-corrected chi connectivity index (χ2v) is 6.33. The van der Waals surface area contributed by atoms with Gasteiger partial charge in [0.1, 0.15) is 0 Å². The first-order chi connectivity index (χ1) is 11.1. The molecule has 1 saturated heterocycles. The maximum atomic E-state index is 13.3. The lowest BCUT2D eigenvalue weighted by Crippen LogP contribution is -2.55. The van der Waals surface area contributed by atoms with Gasteiger partial charge in [-0.3, -0.25) is 4.90 Å². The fraction of sp³-hybridized carbons (Fsp3) is 0.647. The number of ether oxygens (including phenoxy) is 2. The summed E-state index contributed by atoms with van der Waals surface area (Å²) in [5.74, 6) is -1.83. The van der Waals surface area contributed by atoms with Crippen LogP contribution in [-0.4, -0.2) is 55.1 Å². The molecule has 0 amide bonds. The number of hydrogen-bond acceptors (Lipinski definition) is 4. The fourth-order valence-electron chi connectivity index (χ4n) is 3.64. The van der Waals surface area contributed by atoms with Crippen molar-refractivity contribution in [1.82, 2.24) is 4.90 Å². The molecule has 2 fully saturated rings. The number of aliphatic hydroxyl groups is 1. The number of methoxy groups -OCH3 is 1. The molecule has 1 aromatic carbocycles. The molecule has 0 spiro atoms. The third kappa shape index (κ3) is 3.71. The van der Waals surface area contributed by atoms with Crippen molar-refractivity contribution in [2.24, 2.45) is 0 Å². The molecule has 2 aliphatic rings. The number of fused-ring (bicyclic) bond motifs is 1. The molecule has 4 atom stereocenters. The van der Waals surface area contributed by atoms with E-state index in [2.05, 4.69) is 4.90 Å². The summed E-state index contributed by atoms with van der Waals surface area (Å²) in [6.07, 6.45) is 2.31. The highest BCUT2D eigenvalue weighted by atomic mass is 19.2. The lowest BCUT2D eigenvalue weighted by atomic mass is 9.87. The van der Waals surface area contributed by atoms with Crippen molar-refractivity contribution >= 4 is 0 Å². The number of nitrogens with zero attached hydrogens (tertiary/aromatic N) is 1. The Balaban J connectivity index is 1.68. The van der Waals surface area contributed by atoms with Crippen LogP contribution in [0.5, 0.6) is 0 Å². The van der Waals surface area contributed by atoms with Crippen molar-refractivity contribution in [1.29, 1.82) is 0 Å². The van der Waals surface area contributed by atoms with Gasteiger partial charge in [0.05, 0.1) is 24.9 Å². The van der Waals surface area contributed by atoms with Crippen molar-refractivity contribution in [3.05, 3.63) is 35.4 Å². The van der Waals surface area contributed by atoms with Crippen LogP contribution in [0.25, 0.3) is 0 Å². The third-order valence-corrected chi connectivity index (χ3v) is 4.96. The van der Waals surface area contributed by atoms with Crippen LogP contribution in [0.1, 0.15) is 30.9 Å². The number of halogens is 2. The first kappa shape index (κ1) is 16.8. The minimum absolute atomic E-state index is 0.160. The van der Waals surface area contributed by atoms with Gasteiger partial charge in [0.2, 0.25) is 0 Å². The number of benzene rings is 1. The van der Waals surface area contributed by atoms with Crippen LogP contribution in [0.2, 0.25) is 0 Å². The molecule has 6 heteroatoms. The van der Waals surface area contributed by atoms with E-state index in [-0.39, 0.29) is 18.2 Å². The Morgan fingerprint density at radius 3 is 2.91 bits per heavy atom. The molecule has 128 valence electrons. The summed E-state index contributed by atoms with van der Waals surface area (Å²) in [4.78, 5) is 2.19. The quantitative estimate of drug-likeness (QED) is 0.921. The fourth-order valence-corrected chi connectivity index (χ4v) is 3.64. The summed E-state index contributed by atoms with van der Waals surface area (Å²) < 4.78 is 37.7. The standard InChI is InChI=1S/C17H23F2NO3/c1-22-12-3-5-17-15(9-12)20(6-7-23-17)10-16(21)11-2-4-13(18)14(19)8-11/h2,4,8,12,15-17,21H,3,5-7,9-10H2,1H3. The van der Waals surface area contributed by atoms with E-state index in [1.807, 2.05) is 0 Å². The van der Waals surface area contributed by atoms with Crippen molar-refractivity contribution in [2.45, 2.75) is 43.6 Å². The van der Waals surface area contributed by atoms with E-state index in [1.54, 1.807) is 7.11 Å². The van der Waals surface area contributed by atoms with Crippen LogP contribution in [0, 0.1) is 11.6 Å². The van der Waals surface area contributed by atoms with E-state index in [9.17, 15) is 13.9 Å². The lowest BCUT2D eigenvalue weighted by Gasteiger charge is -2.46. The number of β-amino-alcohol motifs (C(OH)–C–C–N with tert-alkyl or cyclic N) is 1. The first-order valence-corrected chi connectivity index (χ1v) is 8.10. The highest BCUT2D eigenvalue weighted by Gasteiger charge is 2.38. The number of hydrogen-bond donors (Lipinski definition) is 1. The van der Waals surface area contributed by atoms with E-state index in [4.69, 9.17) is 9.47 Å². The normalized spacial score (nSPS) is 30.0. The third-order valence-electron chi connectivity index (χ3n) is 4.96. The Labute approximate surface area is 135 Å². The maximum Gasteiger partial charge on any atom is 0.159 e. The van der Waals surface area contributed by atoms with Crippen LogP contribution in [-0.2, 0) is 9.47 Å². The Morgan fingerprint density at radius 2 is 2.17 bits per heavy atom. The average Bonchev–Trinajstić information content (AvgIpc) is 2.57. The molecule has 1 saturated carbocycles. The zero-order valence-electron chi connectivity index (χ0n) is 13.3. The Hall–Kier alpha value is -1.08. The van der Waals surface area contributed by atoms with Gasteiger partial charge in [-0.05, 0) is 37.0 Å². The summed E-state index contributed by atoms with van der Waals surface area (Å²) in [5, 5.41) is 10.4. The van der Waals surface area contributed by atoms with E-state index >= 15 is 0 Å². The highest BCUT2D eigenvalue weighted by Crippen LogP contribution is 2.31. The molecule has 1 heterocycles. The van der Waals surface area contributed by atoms with Crippen molar-refractivity contribution in [3.63, 3.8) is 0 Å². The SMILES string of the molecule is COC1CCC2OCCN(CC(O)c3ccc(F)c(F)c3)C2C1.